The average molecular weight is 315 g/mol. The topological polar surface area (TPSA) is 12.9 Å². The van der Waals surface area contributed by atoms with Gasteiger partial charge in [-0.25, -0.2) is 8.78 Å². The molecule has 0 aliphatic rings. The second kappa shape index (κ2) is 5.67. The highest BCUT2D eigenvalue weighted by molar-refractivity contribution is 7.99. The predicted octanol–water partition coefficient (Wildman–Crippen LogP) is 5.09. The fourth-order valence-electron chi connectivity index (χ4n) is 1.70. The summed E-state index contributed by atoms with van der Waals surface area (Å²) in [5, 5.41) is 0. The Morgan fingerprint density at radius 3 is 1.76 bits per heavy atom. The van der Waals surface area contributed by atoms with Gasteiger partial charge in [-0.2, -0.15) is 13.8 Å². The molecule has 0 amide bonds. The fraction of sp³-hybridized carbons (Fsp3) is 0.267. The predicted molar refractivity (Wildman–Crippen MR) is 73.3 cm³/mol. The lowest BCUT2D eigenvalue weighted by atomic mass is 9.87. The van der Waals surface area contributed by atoms with Crippen LogP contribution in [0.2, 0.25) is 0 Å². The molecule has 112 valence electrons. The summed E-state index contributed by atoms with van der Waals surface area (Å²) in [6.07, 6.45) is 0. The van der Waals surface area contributed by atoms with E-state index in [0.29, 0.717) is 16.7 Å². The van der Waals surface area contributed by atoms with E-state index in [1.807, 2.05) is 32.9 Å². The van der Waals surface area contributed by atoms with Crippen molar-refractivity contribution in [3.8, 4) is 0 Å². The summed E-state index contributed by atoms with van der Waals surface area (Å²) >= 11 is 0.618. The van der Waals surface area contributed by atoms with Gasteiger partial charge in [0.15, 0.2) is 11.6 Å². The van der Waals surface area contributed by atoms with Gasteiger partial charge >= 0.3 is 0 Å². The van der Waals surface area contributed by atoms with Crippen molar-refractivity contribution < 1.29 is 17.6 Å². The third-order valence-corrected chi connectivity index (χ3v) is 3.97. The number of hydrogen-bond donors (Lipinski definition) is 0. The van der Waals surface area contributed by atoms with Crippen molar-refractivity contribution in [2.75, 3.05) is 0 Å². The minimum atomic E-state index is -1.65. The molecule has 0 unspecified atom stereocenters. The highest BCUT2D eigenvalue weighted by atomic mass is 32.2. The molecule has 0 radical (unpaired) electrons. The zero-order valence-corrected chi connectivity index (χ0v) is 12.5. The number of rotatable bonds is 2. The van der Waals surface area contributed by atoms with E-state index >= 15 is 0 Å². The van der Waals surface area contributed by atoms with Gasteiger partial charge < -0.3 is 0 Å². The monoisotopic (exact) mass is 315 g/mol. The van der Waals surface area contributed by atoms with Crippen LogP contribution in [-0.2, 0) is 5.41 Å². The largest absolute Gasteiger partial charge is 0.252 e. The minimum Gasteiger partial charge on any atom is -0.201 e. The highest BCUT2D eigenvalue weighted by Crippen LogP contribution is 2.34. The van der Waals surface area contributed by atoms with Gasteiger partial charge in [0, 0.05) is 4.90 Å². The normalized spacial score (nSPS) is 11.8. The number of pyridine rings is 1. The van der Waals surface area contributed by atoms with Crippen LogP contribution in [0.5, 0.6) is 0 Å². The van der Waals surface area contributed by atoms with E-state index < -0.39 is 28.4 Å². The molecule has 0 saturated heterocycles. The van der Waals surface area contributed by atoms with E-state index in [2.05, 4.69) is 4.98 Å². The molecule has 21 heavy (non-hydrogen) atoms. The first-order chi connectivity index (χ1) is 9.70. The number of nitrogens with zero attached hydrogens (tertiary/aromatic N) is 1. The average Bonchev–Trinajstić information content (AvgIpc) is 2.41. The first-order valence-corrected chi connectivity index (χ1v) is 7.00. The van der Waals surface area contributed by atoms with Crippen LogP contribution in [-0.4, -0.2) is 4.98 Å². The zero-order chi connectivity index (χ0) is 15.8. The smallest absolute Gasteiger partial charge is 0.201 e. The zero-order valence-electron chi connectivity index (χ0n) is 11.7. The van der Waals surface area contributed by atoms with Crippen molar-refractivity contribution in [2.45, 2.75) is 36.0 Å². The van der Waals surface area contributed by atoms with Crippen LogP contribution in [0.3, 0.4) is 0 Å². The van der Waals surface area contributed by atoms with Crippen LogP contribution in [0.25, 0.3) is 0 Å². The molecule has 1 nitrogen and oxygen atoms in total. The number of benzene rings is 1. The van der Waals surface area contributed by atoms with E-state index in [0.717, 1.165) is 5.56 Å². The van der Waals surface area contributed by atoms with Gasteiger partial charge in [-0.05, 0) is 23.1 Å². The van der Waals surface area contributed by atoms with Crippen LogP contribution >= 0.6 is 11.8 Å². The van der Waals surface area contributed by atoms with Crippen molar-refractivity contribution in [1.29, 1.82) is 0 Å². The van der Waals surface area contributed by atoms with Crippen LogP contribution < -0.4 is 0 Å². The van der Waals surface area contributed by atoms with Crippen molar-refractivity contribution in [3.05, 3.63) is 53.4 Å². The van der Waals surface area contributed by atoms with Gasteiger partial charge in [0.1, 0.15) is 0 Å². The Labute approximate surface area is 124 Å². The van der Waals surface area contributed by atoms with Gasteiger partial charge in [0.25, 0.3) is 11.9 Å². The van der Waals surface area contributed by atoms with Crippen LogP contribution in [0, 0.1) is 23.5 Å². The molecule has 0 atom stereocenters. The van der Waals surface area contributed by atoms with Crippen LogP contribution in [0.4, 0.5) is 17.6 Å². The molecular weight excluding hydrogens is 302 g/mol. The molecule has 1 aromatic heterocycles. The number of halogens is 4. The first-order valence-electron chi connectivity index (χ1n) is 6.18. The molecule has 0 bridgehead atoms. The summed E-state index contributed by atoms with van der Waals surface area (Å²) in [4.78, 5) is 2.27. The van der Waals surface area contributed by atoms with Gasteiger partial charge in [-0.15, -0.1) is 0 Å². The molecular formula is C15H13F4NS. The highest BCUT2D eigenvalue weighted by Gasteiger charge is 2.22. The molecule has 2 rings (SSSR count). The summed E-state index contributed by atoms with van der Waals surface area (Å²) < 4.78 is 53.1. The SMILES string of the molecule is CC(C)(C)c1ccc(Sc2c(F)c(F)nc(F)c2F)cc1. The van der Waals surface area contributed by atoms with Gasteiger partial charge in [-0.1, -0.05) is 44.7 Å². The lowest BCUT2D eigenvalue weighted by molar-refractivity contribution is 0.383. The van der Waals surface area contributed by atoms with Crippen molar-refractivity contribution >= 4 is 11.8 Å². The molecule has 2 aromatic rings. The standard InChI is InChI=1S/C15H13F4NS/c1-15(2,3)8-4-6-9(7-5-8)21-12-10(16)13(18)20-14(19)11(12)17/h4-7H,1-3H3. The molecule has 1 heterocycles. The van der Waals surface area contributed by atoms with Crippen molar-refractivity contribution in [1.82, 2.24) is 4.98 Å². The quantitative estimate of drug-likeness (QED) is 0.566. The maximum absolute atomic E-state index is 13.5. The first kappa shape index (κ1) is 15.8. The van der Waals surface area contributed by atoms with Crippen molar-refractivity contribution in [3.63, 3.8) is 0 Å². The molecule has 0 N–H and O–H groups in total. The Morgan fingerprint density at radius 2 is 1.33 bits per heavy atom. The Morgan fingerprint density at radius 1 is 0.857 bits per heavy atom. The second-order valence-electron chi connectivity index (χ2n) is 5.53. The Hall–Kier alpha value is -1.56. The summed E-state index contributed by atoms with van der Waals surface area (Å²) in [6, 6.07) is 6.93. The Bertz CT molecular complexity index is 637. The third-order valence-electron chi connectivity index (χ3n) is 2.90. The van der Waals surface area contributed by atoms with Crippen molar-refractivity contribution in [2.24, 2.45) is 0 Å². The van der Waals surface area contributed by atoms with E-state index in [4.69, 9.17) is 0 Å². The maximum atomic E-state index is 13.5. The van der Waals surface area contributed by atoms with E-state index in [1.54, 1.807) is 12.1 Å². The molecule has 6 heteroatoms. The number of hydrogen-bond acceptors (Lipinski definition) is 2. The summed E-state index contributed by atoms with van der Waals surface area (Å²) in [7, 11) is 0. The van der Waals surface area contributed by atoms with E-state index in [-0.39, 0.29) is 5.41 Å². The van der Waals surface area contributed by atoms with Crippen LogP contribution in [0.1, 0.15) is 26.3 Å². The van der Waals surface area contributed by atoms with Gasteiger partial charge in [0.2, 0.25) is 0 Å². The molecule has 0 aliphatic carbocycles. The van der Waals surface area contributed by atoms with Gasteiger partial charge in [0.05, 0.1) is 4.90 Å². The van der Waals surface area contributed by atoms with E-state index in [9.17, 15) is 17.6 Å². The van der Waals surface area contributed by atoms with Crippen LogP contribution in [0.15, 0.2) is 34.1 Å². The minimum absolute atomic E-state index is 0.0609. The fourth-order valence-corrected chi connectivity index (χ4v) is 2.55. The van der Waals surface area contributed by atoms with E-state index in [1.165, 1.54) is 0 Å². The second-order valence-corrected chi connectivity index (χ2v) is 6.61. The summed E-state index contributed by atoms with van der Waals surface area (Å²) in [5.74, 6) is -6.27. The van der Waals surface area contributed by atoms with Gasteiger partial charge in [-0.3, -0.25) is 0 Å². The molecule has 0 fully saturated rings. The molecule has 1 aromatic carbocycles. The maximum Gasteiger partial charge on any atom is 0.252 e. The lowest BCUT2D eigenvalue weighted by Crippen LogP contribution is -2.10. The molecule has 0 aliphatic heterocycles. The summed E-state index contributed by atoms with van der Waals surface area (Å²) in [6.45, 7) is 6.09. The Balaban J connectivity index is 2.35. The number of aromatic nitrogens is 1. The molecule has 0 saturated carbocycles. The Kier molecular flexibility index (Phi) is 4.27. The summed E-state index contributed by atoms with van der Waals surface area (Å²) in [5.41, 5.74) is 0.981. The lowest BCUT2D eigenvalue weighted by Gasteiger charge is -2.19. The third kappa shape index (κ3) is 3.37. The molecule has 0 spiro atoms.